The first-order valence-electron chi connectivity index (χ1n) is 10.8. The fourth-order valence-corrected chi connectivity index (χ4v) is 4.85. The third kappa shape index (κ3) is 4.83. The van der Waals surface area contributed by atoms with E-state index < -0.39 is 18.3 Å². The number of aliphatic hydroxyl groups excluding tert-OH is 2. The van der Waals surface area contributed by atoms with Crippen LogP contribution in [0.3, 0.4) is 0 Å². The molecular weight excluding hydrogens is 422 g/mol. The largest absolute Gasteiger partial charge is 0.449 e. The van der Waals surface area contributed by atoms with Crippen molar-refractivity contribution in [2.45, 2.75) is 29.9 Å². The number of hydrogen-bond acceptors (Lipinski definition) is 5. The third-order valence-electron chi connectivity index (χ3n) is 5.67. The van der Waals surface area contributed by atoms with E-state index in [1.165, 1.54) is 11.1 Å². The van der Waals surface area contributed by atoms with Crippen molar-refractivity contribution in [3.8, 4) is 11.1 Å². The zero-order valence-corrected chi connectivity index (χ0v) is 18.7. The van der Waals surface area contributed by atoms with Gasteiger partial charge in [0.1, 0.15) is 18.8 Å². The minimum Gasteiger partial charge on any atom is -0.449 e. The molecule has 0 spiro atoms. The minimum absolute atomic E-state index is 0.0255. The number of fused-ring (bicyclic) bond motifs is 3. The van der Waals surface area contributed by atoms with Crippen LogP contribution in [-0.4, -0.2) is 41.3 Å². The van der Waals surface area contributed by atoms with Gasteiger partial charge in [0.2, 0.25) is 0 Å². The van der Waals surface area contributed by atoms with E-state index >= 15 is 0 Å². The first kappa shape index (κ1) is 22.4. The molecule has 166 valence electrons. The molecule has 0 aliphatic heterocycles. The molecule has 32 heavy (non-hydrogen) atoms. The van der Waals surface area contributed by atoms with E-state index in [4.69, 9.17) is 4.74 Å². The SMILES string of the molecule is CCSc1cccc(C(O)C(O)CNC(=O)OCC2c3ccccc3-c3ccccc32)c1. The van der Waals surface area contributed by atoms with Crippen molar-refractivity contribution in [1.29, 1.82) is 0 Å². The second-order valence-corrected chi connectivity index (χ2v) is 9.06. The maximum atomic E-state index is 12.3. The van der Waals surface area contributed by atoms with Crippen molar-refractivity contribution in [2.24, 2.45) is 0 Å². The molecule has 3 aromatic carbocycles. The smallest absolute Gasteiger partial charge is 0.407 e. The van der Waals surface area contributed by atoms with Crippen molar-refractivity contribution in [3.63, 3.8) is 0 Å². The van der Waals surface area contributed by atoms with Crippen LogP contribution in [0.1, 0.15) is 35.6 Å². The maximum Gasteiger partial charge on any atom is 0.407 e. The molecule has 3 aromatic rings. The molecular formula is C26H27NO4S. The highest BCUT2D eigenvalue weighted by Gasteiger charge is 2.29. The second kappa shape index (κ2) is 10.2. The van der Waals surface area contributed by atoms with Crippen molar-refractivity contribution in [2.75, 3.05) is 18.9 Å². The number of thioether (sulfide) groups is 1. The van der Waals surface area contributed by atoms with Gasteiger partial charge < -0.3 is 20.3 Å². The summed E-state index contributed by atoms with van der Waals surface area (Å²) in [5.41, 5.74) is 5.23. The van der Waals surface area contributed by atoms with Crippen LogP contribution >= 0.6 is 11.8 Å². The van der Waals surface area contributed by atoms with Crippen LogP contribution in [-0.2, 0) is 4.74 Å². The van der Waals surface area contributed by atoms with Crippen LogP contribution < -0.4 is 5.32 Å². The summed E-state index contributed by atoms with van der Waals surface area (Å²) in [4.78, 5) is 13.3. The molecule has 3 N–H and O–H groups in total. The van der Waals surface area contributed by atoms with E-state index in [1.54, 1.807) is 17.8 Å². The molecule has 0 saturated carbocycles. The van der Waals surface area contributed by atoms with Crippen molar-refractivity contribution in [3.05, 3.63) is 89.5 Å². The molecule has 2 unspecified atom stereocenters. The number of ether oxygens (including phenoxy) is 1. The van der Waals surface area contributed by atoms with Crippen LogP contribution in [0.2, 0.25) is 0 Å². The maximum absolute atomic E-state index is 12.3. The Kier molecular flexibility index (Phi) is 7.15. The van der Waals surface area contributed by atoms with E-state index in [1.807, 2.05) is 42.5 Å². The number of hydrogen-bond donors (Lipinski definition) is 3. The Morgan fingerprint density at radius 2 is 1.66 bits per heavy atom. The lowest BCUT2D eigenvalue weighted by Crippen LogP contribution is -2.36. The molecule has 4 rings (SSSR count). The van der Waals surface area contributed by atoms with Gasteiger partial charge in [0.25, 0.3) is 0 Å². The Morgan fingerprint density at radius 3 is 2.31 bits per heavy atom. The van der Waals surface area contributed by atoms with Gasteiger partial charge in [-0.3, -0.25) is 0 Å². The Labute approximate surface area is 192 Å². The summed E-state index contributed by atoms with van der Waals surface area (Å²) in [7, 11) is 0. The molecule has 0 radical (unpaired) electrons. The Hall–Kier alpha value is -2.80. The summed E-state index contributed by atoms with van der Waals surface area (Å²) >= 11 is 1.66. The van der Waals surface area contributed by atoms with Crippen molar-refractivity contribution >= 4 is 17.9 Å². The zero-order valence-electron chi connectivity index (χ0n) is 17.9. The van der Waals surface area contributed by atoms with Gasteiger partial charge in [0, 0.05) is 17.4 Å². The molecule has 1 aliphatic carbocycles. The molecule has 1 amide bonds. The number of amides is 1. The monoisotopic (exact) mass is 449 g/mol. The fraction of sp³-hybridized carbons (Fsp3) is 0.269. The number of rotatable bonds is 8. The first-order valence-corrected chi connectivity index (χ1v) is 11.7. The third-order valence-corrected chi connectivity index (χ3v) is 6.55. The normalized spacial score (nSPS) is 14.3. The van der Waals surface area contributed by atoms with E-state index in [0.29, 0.717) is 5.56 Å². The second-order valence-electron chi connectivity index (χ2n) is 7.72. The molecule has 5 nitrogen and oxygen atoms in total. The molecule has 0 bridgehead atoms. The highest BCUT2D eigenvalue weighted by molar-refractivity contribution is 7.99. The molecule has 0 heterocycles. The quantitative estimate of drug-likeness (QED) is 0.433. The van der Waals surface area contributed by atoms with Gasteiger partial charge in [-0.15, -0.1) is 11.8 Å². The lowest BCUT2D eigenvalue weighted by molar-refractivity contribution is 0.0184. The van der Waals surface area contributed by atoms with Crippen LogP contribution in [0, 0.1) is 0 Å². The summed E-state index contributed by atoms with van der Waals surface area (Å²) in [6.45, 7) is 2.15. The molecule has 1 aliphatic rings. The Balaban J connectivity index is 1.32. The topological polar surface area (TPSA) is 78.8 Å². The van der Waals surface area contributed by atoms with Gasteiger partial charge in [-0.1, -0.05) is 67.6 Å². The number of carbonyl (C=O) groups excluding carboxylic acids is 1. The van der Waals surface area contributed by atoms with E-state index in [9.17, 15) is 15.0 Å². The van der Waals surface area contributed by atoms with Gasteiger partial charge >= 0.3 is 6.09 Å². The van der Waals surface area contributed by atoms with Gasteiger partial charge in [-0.2, -0.15) is 0 Å². The summed E-state index contributed by atoms with van der Waals surface area (Å²) in [6.07, 6.45) is -2.85. The lowest BCUT2D eigenvalue weighted by atomic mass is 9.98. The fourth-order valence-electron chi connectivity index (χ4n) is 4.13. The molecule has 6 heteroatoms. The van der Waals surface area contributed by atoms with E-state index in [-0.39, 0.29) is 19.1 Å². The lowest BCUT2D eigenvalue weighted by Gasteiger charge is -2.20. The van der Waals surface area contributed by atoms with Gasteiger partial charge in [-0.05, 0) is 45.7 Å². The number of nitrogens with one attached hydrogen (secondary N) is 1. The van der Waals surface area contributed by atoms with Crippen LogP contribution in [0.5, 0.6) is 0 Å². The van der Waals surface area contributed by atoms with Crippen molar-refractivity contribution in [1.82, 2.24) is 5.32 Å². The Morgan fingerprint density at radius 1 is 1.00 bits per heavy atom. The minimum atomic E-state index is -1.14. The molecule has 2 atom stereocenters. The number of aliphatic hydroxyl groups is 2. The van der Waals surface area contributed by atoms with E-state index in [0.717, 1.165) is 21.8 Å². The predicted molar refractivity (Wildman–Crippen MR) is 127 cm³/mol. The standard InChI is InChI=1S/C26H27NO4S/c1-2-32-18-9-7-8-17(14-18)25(29)24(28)15-27-26(30)31-16-23-21-12-5-3-10-19(21)20-11-4-6-13-22(20)23/h3-14,23-25,28-29H,2,15-16H2,1H3,(H,27,30). The summed E-state index contributed by atoms with van der Waals surface area (Å²) < 4.78 is 5.48. The number of benzene rings is 3. The van der Waals surface area contributed by atoms with Gasteiger partial charge in [0.05, 0.1) is 0 Å². The summed E-state index contributed by atoms with van der Waals surface area (Å²) in [6, 6.07) is 23.7. The van der Waals surface area contributed by atoms with Gasteiger partial charge in [0.15, 0.2) is 0 Å². The predicted octanol–water partition coefficient (Wildman–Crippen LogP) is 4.73. The van der Waals surface area contributed by atoms with Crippen molar-refractivity contribution < 1.29 is 19.7 Å². The average molecular weight is 450 g/mol. The molecule has 0 aromatic heterocycles. The van der Waals surface area contributed by atoms with Gasteiger partial charge in [-0.25, -0.2) is 4.79 Å². The average Bonchev–Trinajstić information content (AvgIpc) is 3.15. The highest BCUT2D eigenvalue weighted by atomic mass is 32.2. The van der Waals surface area contributed by atoms with E-state index in [2.05, 4.69) is 36.5 Å². The number of alkyl carbamates (subject to hydrolysis) is 1. The summed E-state index contributed by atoms with van der Waals surface area (Å²) in [5.74, 6) is 0.897. The first-order chi connectivity index (χ1) is 15.6. The Bertz CT molecular complexity index is 1040. The number of carbonyl (C=O) groups is 1. The van der Waals surface area contributed by atoms with Crippen LogP contribution in [0.25, 0.3) is 11.1 Å². The molecule has 0 saturated heterocycles. The molecule has 0 fully saturated rings. The van der Waals surface area contributed by atoms with Crippen LogP contribution in [0.4, 0.5) is 4.79 Å². The zero-order chi connectivity index (χ0) is 22.5. The summed E-state index contributed by atoms with van der Waals surface area (Å²) in [5, 5.41) is 23.4. The van der Waals surface area contributed by atoms with Crippen LogP contribution in [0.15, 0.2) is 77.7 Å². The highest BCUT2D eigenvalue weighted by Crippen LogP contribution is 2.44.